The number of benzene rings is 2. The maximum Gasteiger partial charge on any atom is 0.255 e. The molecule has 0 saturated carbocycles. The normalized spacial score (nSPS) is 13.1. The summed E-state index contributed by atoms with van der Waals surface area (Å²) in [6.07, 6.45) is 3.97. The molecule has 1 aliphatic heterocycles. The molecule has 0 saturated heterocycles. The number of unbranched alkanes of at least 4 members (excludes halogenated alkanes) is 1. The molecule has 0 aromatic heterocycles. The van der Waals surface area contributed by atoms with Crippen molar-refractivity contribution < 1.29 is 19.1 Å². The molecule has 0 radical (unpaired) electrons. The Morgan fingerprint density at radius 2 is 2.00 bits per heavy atom. The number of aryl methyl sites for hydroxylation is 1. The van der Waals surface area contributed by atoms with Crippen LogP contribution in [0.4, 0.5) is 11.4 Å². The molecule has 6 nitrogen and oxygen atoms in total. The lowest BCUT2D eigenvalue weighted by molar-refractivity contribution is -0.116. The molecule has 0 atom stereocenters. The van der Waals surface area contributed by atoms with Crippen LogP contribution in [0.25, 0.3) is 0 Å². The van der Waals surface area contributed by atoms with Crippen molar-refractivity contribution in [3.05, 3.63) is 46.5 Å². The van der Waals surface area contributed by atoms with Crippen molar-refractivity contribution in [2.45, 2.75) is 46.0 Å². The number of rotatable bonds is 8. The van der Waals surface area contributed by atoms with Gasteiger partial charge in [0.15, 0.2) is 11.5 Å². The van der Waals surface area contributed by atoms with Crippen molar-refractivity contribution in [2.75, 3.05) is 23.8 Å². The number of anilines is 2. The van der Waals surface area contributed by atoms with Gasteiger partial charge in [0.2, 0.25) is 5.91 Å². The minimum Gasteiger partial charge on any atom is -0.490 e. The second-order valence-electron chi connectivity index (χ2n) is 7.15. The zero-order valence-electron chi connectivity index (χ0n) is 17.3. The van der Waals surface area contributed by atoms with E-state index in [1.165, 1.54) is 0 Å². The van der Waals surface area contributed by atoms with Crippen molar-refractivity contribution in [3.8, 4) is 11.5 Å². The van der Waals surface area contributed by atoms with E-state index in [-0.39, 0.29) is 11.8 Å². The molecular formula is C23H27ClN2O4. The minimum absolute atomic E-state index is 0.0184. The van der Waals surface area contributed by atoms with Crippen LogP contribution >= 0.6 is 11.6 Å². The van der Waals surface area contributed by atoms with E-state index in [1.54, 1.807) is 18.2 Å². The van der Waals surface area contributed by atoms with Crippen LogP contribution in [0.5, 0.6) is 11.5 Å². The van der Waals surface area contributed by atoms with Gasteiger partial charge in [0.05, 0.1) is 18.2 Å². The van der Waals surface area contributed by atoms with Gasteiger partial charge in [0.25, 0.3) is 5.91 Å². The number of hydrogen-bond acceptors (Lipinski definition) is 4. The molecule has 0 fully saturated rings. The van der Waals surface area contributed by atoms with Gasteiger partial charge in [-0.25, -0.2) is 0 Å². The average Bonchev–Trinajstić information content (AvgIpc) is 2.90. The summed E-state index contributed by atoms with van der Waals surface area (Å²) < 4.78 is 11.4. The highest BCUT2D eigenvalue weighted by atomic mass is 35.5. The van der Waals surface area contributed by atoms with Gasteiger partial charge in [0.1, 0.15) is 0 Å². The second kappa shape index (κ2) is 10.3. The Morgan fingerprint density at radius 3 is 2.77 bits per heavy atom. The predicted molar refractivity (Wildman–Crippen MR) is 119 cm³/mol. The standard InChI is InChI=1S/C23H27ClN2O4/c1-3-5-11-30-22-18(24)13-16(14-20(22)29-4-2)23(28)25-17-9-10-19-15(12-17)7-6-8-21(27)26-19/h9-10,12-14H,3-8,11H2,1-2H3,(H,25,28)(H,26,27). The lowest BCUT2D eigenvalue weighted by Crippen LogP contribution is -2.13. The number of amides is 2. The molecule has 1 heterocycles. The molecule has 3 rings (SSSR count). The molecule has 0 bridgehead atoms. The number of halogens is 1. The van der Waals surface area contributed by atoms with E-state index in [1.807, 2.05) is 19.1 Å². The molecule has 0 unspecified atom stereocenters. The number of carbonyl (C=O) groups is 2. The van der Waals surface area contributed by atoms with Crippen molar-refractivity contribution >= 4 is 34.8 Å². The summed E-state index contributed by atoms with van der Waals surface area (Å²) in [6.45, 7) is 4.92. The third kappa shape index (κ3) is 5.45. The fraction of sp³-hybridized carbons (Fsp3) is 0.391. The maximum absolute atomic E-state index is 12.8. The Hall–Kier alpha value is -2.73. The van der Waals surface area contributed by atoms with Gasteiger partial charge in [-0.15, -0.1) is 0 Å². The number of hydrogen-bond donors (Lipinski definition) is 2. The van der Waals surface area contributed by atoms with Crippen LogP contribution in [-0.4, -0.2) is 25.0 Å². The van der Waals surface area contributed by atoms with E-state index in [0.717, 1.165) is 36.9 Å². The van der Waals surface area contributed by atoms with Gasteiger partial charge in [-0.1, -0.05) is 24.9 Å². The van der Waals surface area contributed by atoms with Gasteiger partial charge in [-0.05, 0) is 62.1 Å². The third-order valence-electron chi connectivity index (χ3n) is 4.80. The monoisotopic (exact) mass is 430 g/mol. The molecule has 2 N–H and O–H groups in total. The zero-order chi connectivity index (χ0) is 21.5. The molecule has 2 amide bonds. The maximum atomic E-state index is 12.8. The van der Waals surface area contributed by atoms with Crippen molar-refractivity contribution in [1.29, 1.82) is 0 Å². The SMILES string of the molecule is CCCCOc1c(Cl)cc(C(=O)Nc2ccc3c(c2)CCCC(=O)N3)cc1OCC. The largest absolute Gasteiger partial charge is 0.490 e. The zero-order valence-corrected chi connectivity index (χ0v) is 18.1. The third-order valence-corrected chi connectivity index (χ3v) is 5.08. The fourth-order valence-electron chi connectivity index (χ4n) is 3.28. The Labute approximate surface area is 181 Å². The van der Waals surface area contributed by atoms with Crippen LogP contribution < -0.4 is 20.1 Å². The molecule has 1 aliphatic rings. The molecule has 0 aliphatic carbocycles. The number of fused-ring (bicyclic) bond motifs is 1. The summed E-state index contributed by atoms with van der Waals surface area (Å²) in [5.41, 5.74) is 2.85. The highest BCUT2D eigenvalue weighted by Crippen LogP contribution is 2.37. The first-order valence-corrected chi connectivity index (χ1v) is 10.7. The van der Waals surface area contributed by atoms with Gasteiger partial charge < -0.3 is 20.1 Å². The first-order valence-electron chi connectivity index (χ1n) is 10.3. The average molecular weight is 431 g/mol. The van der Waals surface area contributed by atoms with E-state index in [9.17, 15) is 9.59 Å². The lowest BCUT2D eigenvalue weighted by atomic mass is 10.1. The Balaban J connectivity index is 1.79. The van der Waals surface area contributed by atoms with E-state index in [0.29, 0.717) is 47.4 Å². The van der Waals surface area contributed by atoms with E-state index < -0.39 is 0 Å². The fourth-order valence-corrected chi connectivity index (χ4v) is 3.54. The van der Waals surface area contributed by atoms with Crippen LogP contribution in [0.1, 0.15) is 55.5 Å². The Kier molecular flexibility index (Phi) is 7.57. The van der Waals surface area contributed by atoms with Crippen molar-refractivity contribution in [2.24, 2.45) is 0 Å². The van der Waals surface area contributed by atoms with Crippen LogP contribution in [-0.2, 0) is 11.2 Å². The van der Waals surface area contributed by atoms with Crippen LogP contribution in [0, 0.1) is 0 Å². The van der Waals surface area contributed by atoms with E-state index in [4.69, 9.17) is 21.1 Å². The minimum atomic E-state index is -0.296. The van der Waals surface area contributed by atoms with Crippen LogP contribution in [0.2, 0.25) is 5.02 Å². The lowest BCUT2D eigenvalue weighted by Gasteiger charge is -2.15. The van der Waals surface area contributed by atoms with Crippen molar-refractivity contribution in [1.82, 2.24) is 0 Å². The Bertz CT molecular complexity index is 930. The molecule has 7 heteroatoms. The van der Waals surface area contributed by atoms with Crippen LogP contribution in [0.3, 0.4) is 0 Å². The van der Waals surface area contributed by atoms with Crippen molar-refractivity contribution in [3.63, 3.8) is 0 Å². The molecule has 160 valence electrons. The summed E-state index contributed by atoms with van der Waals surface area (Å²) in [5.74, 6) is 0.639. The topological polar surface area (TPSA) is 76.7 Å². The molecule has 2 aromatic rings. The van der Waals surface area contributed by atoms with Gasteiger partial charge in [0, 0.05) is 23.4 Å². The number of ether oxygens (including phenoxy) is 2. The molecule has 2 aromatic carbocycles. The summed E-state index contributed by atoms with van der Waals surface area (Å²) >= 11 is 6.40. The molecule has 0 spiro atoms. The predicted octanol–water partition coefficient (Wildman–Crippen LogP) is 5.44. The summed E-state index contributed by atoms with van der Waals surface area (Å²) in [5, 5.41) is 6.13. The molecule has 30 heavy (non-hydrogen) atoms. The summed E-state index contributed by atoms with van der Waals surface area (Å²) in [4.78, 5) is 24.6. The van der Waals surface area contributed by atoms with Gasteiger partial charge in [-0.3, -0.25) is 9.59 Å². The smallest absolute Gasteiger partial charge is 0.255 e. The number of carbonyl (C=O) groups excluding carboxylic acids is 2. The first-order chi connectivity index (χ1) is 14.5. The van der Waals surface area contributed by atoms with E-state index >= 15 is 0 Å². The highest BCUT2D eigenvalue weighted by Gasteiger charge is 2.18. The summed E-state index contributed by atoms with van der Waals surface area (Å²) in [7, 11) is 0. The first kappa shape index (κ1) is 22.0. The quantitative estimate of drug-likeness (QED) is 0.546. The van der Waals surface area contributed by atoms with Gasteiger partial charge in [-0.2, -0.15) is 0 Å². The molecular weight excluding hydrogens is 404 g/mol. The highest BCUT2D eigenvalue weighted by molar-refractivity contribution is 6.32. The summed E-state index contributed by atoms with van der Waals surface area (Å²) in [6, 6.07) is 8.72. The second-order valence-corrected chi connectivity index (χ2v) is 7.56. The van der Waals surface area contributed by atoms with Gasteiger partial charge >= 0.3 is 0 Å². The van der Waals surface area contributed by atoms with Crippen LogP contribution in [0.15, 0.2) is 30.3 Å². The Morgan fingerprint density at radius 1 is 1.17 bits per heavy atom. The van der Waals surface area contributed by atoms with E-state index in [2.05, 4.69) is 17.6 Å². The number of nitrogens with one attached hydrogen (secondary N) is 2.